The van der Waals surface area contributed by atoms with Crippen LogP contribution in [-0.4, -0.2) is 50.5 Å². The summed E-state index contributed by atoms with van der Waals surface area (Å²) in [6.45, 7) is 6.96. The minimum absolute atomic E-state index is 0.0800. The fourth-order valence-electron chi connectivity index (χ4n) is 4.08. The van der Waals surface area contributed by atoms with Crippen LogP contribution in [0.25, 0.3) is 11.5 Å². The van der Waals surface area contributed by atoms with Gasteiger partial charge in [-0.25, -0.2) is 13.4 Å². The number of pyridine rings is 1. The Bertz CT molecular complexity index is 1290. The lowest BCUT2D eigenvalue weighted by atomic mass is 9.82. The molecular formula is C25H34N6O3S. The van der Waals surface area contributed by atoms with Crippen LogP contribution in [0.1, 0.15) is 44.6 Å². The van der Waals surface area contributed by atoms with Gasteiger partial charge in [0.2, 0.25) is 21.8 Å². The van der Waals surface area contributed by atoms with Crippen molar-refractivity contribution in [2.24, 2.45) is 17.6 Å². The van der Waals surface area contributed by atoms with Crippen LogP contribution in [0.2, 0.25) is 0 Å². The highest BCUT2D eigenvalue weighted by atomic mass is 32.2. The first-order chi connectivity index (χ1) is 16.4. The topological polar surface area (TPSA) is 118 Å². The molecule has 0 bridgehead atoms. The molecule has 4 unspecified atom stereocenters. The molecule has 1 aromatic carbocycles. The molecule has 1 saturated carbocycles. The summed E-state index contributed by atoms with van der Waals surface area (Å²) in [7, 11) is -0.0755. The van der Waals surface area contributed by atoms with E-state index in [1.165, 1.54) is 13.5 Å². The number of benzene rings is 1. The van der Waals surface area contributed by atoms with Crippen LogP contribution in [-0.2, 0) is 15.6 Å². The Morgan fingerprint density at radius 1 is 1.17 bits per heavy atom. The first-order valence-electron chi connectivity index (χ1n) is 11.7. The highest BCUT2D eigenvalue weighted by Crippen LogP contribution is 2.39. The van der Waals surface area contributed by atoms with Crippen molar-refractivity contribution in [1.29, 1.82) is 0 Å². The van der Waals surface area contributed by atoms with E-state index in [-0.39, 0.29) is 17.6 Å². The predicted molar refractivity (Wildman–Crippen MR) is 138 cm³/mol. The molecule has 0 spiro atoms. The van der Waals surface area contributed by atoms with Crippen molar-refractivity contribution >= 4 is 21.7 Å². The molecule has 0 saturated heterocycles. The summed E-state index contributed by atoms with van der Waals surface area (Å²) >= 11 is 0. The summed E-state index contributed by atoms with van der Waals surface area (Å²) < 4.78 is 31.7. The summed E-state index contributed by atoms with van der Waals surface area (Å²) in [6, 6.07) is 13.4. The number of nitrogens with zero attached hydrogens (tertiary/aromatic N) is 5. The molecule has 10 heteroatoms. The molecule has 3 aromatic rings. The summed E-state index contributed by atoms with van der Waals surface area (Å²) in [6.07, 6.45) is 2.33. The van der Waals surface area contributed by atoms with Gasteiger partial charge in [0.15, 0.2) is 0 Å². The Kier molecular flexibility index (Phi) is 6.63. The lowest BCUT2D eigenvalue weighted by Gasteiger charge is -2.28. The number of sulfonamides is 1. The number of hydrogen-bond acceptors (Lipinski definition) is 8. The molecule has 188 valence electrons. The van der Waals surface area contributed by atoms with Crippen molar-refractivity contribution in [2.75, 3.05) is 36.1 Å². The molecule has 0 aliphatic heterocycles. The minimum atomic E-state index is -3.51. The van der Waals surface area contributed by atoms with Gasteiger partial charge >= 0.3 is 0 Å². The molecule has 1 aliphatic rings. The zero-order valence-corrected chi connectivity index (χ0v) is 22.0. The average Bonchev–Trinajstić information content (AvgIpc) is 3.29. The van der Waals surface area contributed by atoms with Gasteiger partial charge in [0.1, 0.15) is 11.6 Å². The maximum Gasteiger partial charge on any atom is 0.248 e. The van der Waals surface area contributed by atoms with Crippen molar-refractivity contribution in [3.05, 3.63) is 53.9 Å². The van der Waals surface area contributed by atoms with Crippen molar-refractivity contribution in [3.63, 3.8) is 0 Å². The third kappa shape index (κ3) is 5.33. The Balaban J connectivity index is 1.70. The van der Waals surface area contributed by atoms with E-state index in [2.05, 4.69) is 22.1 Å². The second kappa shape index (κ2) is 9.23. The molecule has 9 nitrogen and oxygen atoms in total. The van der Waals surface area contributed by atoms with E-state index < -0.39 is 15.6 Å². The van der Waals surface area contributed by atoms with Crippen molar-refractivity contribution in [3.8, 4) is 11.5 Å². The zero-order valence-electron chi connectivity index (χ0n) is 21.1. The van der Waals surface area contributed by atoms with Gasteiger partial charge in [-0.3, -0.25) is 4.31 Å². The lowest BCUT2D eigenvalue weighted by molar-refractivity contribution is 0.313. The molecule has 0 radical (unpaired) electrons. The molecule has 2 heterocycles. The van der Waals surface area contributed by atoms with Gasteiger partial charge in [0, 0.05) is 32.1 Å². The van der Waals surface area contributed by atoms with E-state index >= 15 is 0 Å². The van der Waals surface area contributed by atoms with Gasteiger partial charge in [-0.05, 0) is 42.9 Å². The number of rotatable bonds is 9. The van der Waals surface area contributed by atoms with Gasteiger partial charge in [-0.15, -0.1) is 10.2 Å². The first kappa shape index (κ1) is 25.1. The summed E-state index contributed by atoms with van der Waals surface area (Å²) in [5, 5.41) is 8.54. The van der Waals surface area contributed by atoms with Crippen LogP contribution in [0.4, 0.5) is 11.6 Å². The van der Waals surface area contributed by atoms with E-state index in [4.69, 9.17) is 10.2 Å². The molecular weight excluding hydrogens is 464 g/mol. The predicted octanol–water partition coefficient (Wildman–Crippen LogP) is 3.60. The highest BCUT2D eigenvalue weighted by molar-refractivity contribution is 7.92. The van der Waals surface area contributed by atoms with Crippen LogP contribution in [0.15, 0.2) is 46.9 Å². The maximum absolute atomic E-state index is 12.2. The fourth-order valence-corrected chi connectivity index (χ4v) is 4.51. The Hall–Kier alpha value is -2.98. The normalized spacial score (nSPS) is 20.2. The van der Waals surface area contributed by atoms with Crippen LogP contribution in [0.5, 0.6) is 0 Å². The van der Waals surface area contributed by atoms with Crippen molar-refractivity contribution < 1.29 is 12.8 Å². The smallest absolute Gasteiger partial charge is 0.248 e. The van der Waals surface area contributed by atoms with Crippen LogP contribution < -0.4 is 14.9 Å². The van der Waals surface area contributed by atoms with Crippen molar-refractivity contribution in [1.82, 2.24) is 15.2 Å². The summed E-state index contributed by atoms with van der Waals surface area (Å²) in [5.74, 6) is 2.70. The average molecular weight is 499 g/mol. The maximum atomic E-state index is 12.2. The van der Waals surface area contributed by atoms with Gasteiger partial charge in [-0.2, -0.15) is 0 Å². The third-order valence-corrected chi connectivity index (χ3v) is 8.31. The van der Waals surface area contributed by atoms with Crippen LogP contribution in [0.3, 0.4) is 0 Å². The van der Waals surface area contributed by atoms with E-state index in [1.54, 1.807) is 6.07 Å². The SMILES string of the molecule is CC1CC1CN(C)c1cc(-c2nnc(C(C)(N)C(C)c3ccccc3)o2)cc(N(C)S(C)(=O)=O)n1. The molecule has 2 aromatic heterocycles. The summed E-state index contributed by atoms with van der Waals surface area (Å²) in [5.41, 5.74) is 7.43. The quantitative estimate of drug-likeness (QED) is 0.475. The van der Waals surface area contributed by atoms with Crippen molar-refractivity contribution in [2.45, 2.75) is 38.6 Å². The Morgan fingerprint density at radius 2 is 1.80 bits per heavy atom. The second-order valence-corrected chi connectivity index (χ2v) is 12.0. The molecule has 1 fully saturated rings. The monoisotopic (exact) mass is 498 g/mol. The van der Waals surface area contributed by atoms with Gasteiger partial charge < -0.3 is 15.1 Å². The molecule has 0 amide bonds. The largest absolute Gasteiger partial charge is 0.419 e. The lowest BCUT2D eigenvalue weighted by Crippen LogP contribution is -2.39. The molecule has 35 heavy (non-hydrogen) atoms. The standard InChI is InChI=1S/C25H34N6O3S/c1-16-12-20(16)15-30(4)21-13-19(14-22(27-21)31(5)35(6,32)33)23-28-29-24(34-23)25(3,26)17(2)18-10-8-7-9-11-18/h7-11,13-14,16-17,20H,12,15,26H2,1-6H3. The highest BCUT2D eigenvalue weighted by Gasteiger charge is 2.36. The summed E-state index contributed by atoms with van der Waals surface area (Å²) in [4.78, 5) is 6.65. The Labute approximate surface area is 207 Å². The van der Waals surface area contributed by atoms with Gasteiger partial charge in [0.05, 0.1) is 11.8 Å². The van der Waals surface area contributed by atoms with Gasteiger partial charge in [-0.1, -0.05) is 44.2 Å². The molecule has 4 rings (SSSR count). The van der Waals surface area contributed by atoms with E-state index in [1.807, 2.05) is 62.2 Å². The first-order valence-corrected chi connectivity index (χ1v) is 13.6. The number of hydrogen-bond donors (Lipinski definition) is 1. The van der Waals surface area contributed by atoms with E-state index in [0.717, 1.165) is 22.7 Å². The van der Waals surface area contributed by atoms with Crippen LogP contribution in [0, 0.1) is 11.8 Å². The van der Waals surface area contributed by atoms with E-state index in [0.29, 0.717) is 29.1 Å². The van der Waals surface area contributed by atoms with E-state index in [9.17, 15) is 8.42 Å². The molecule has 4 atom stereocenters. The van der Waals surface area contributed by atoms with Gasteiger partial charge in [0.25, 0.3) is 0 Å². The second-order valence-electron chi connectivity index (χ2n) is 9.98. The Morgan fingerprint density at radius 3 is 2.40 bits per heavy atom. The fraction of sp³-hybridized carbons (Fsp3) is 0.480. The third-order valence-electron chi connectivity index (χ3n) is 7.13. The minimum Gasteiger partial charge on any atom is -0.419 e. The number of nitrogens with two attached hydrogens (primary N) is 1. The molecule has 2 N–H and O–H groups in total. The number of anilines is 2. The number of aromatic nitrogens is 3. The van der Waals surface area contributed by atoms with Crippen LogP contribution >= 0.6 is 0 Å². The molecule has 1 aliphatic carbocycles. The zero-order chi connectivity index (χ0) is 25.5.